The number of benzene rings is 1. The van der Waals surface area contributed by atoms with Gasteiger partial charge in [-0.25, -0.2) is 0 Å². The van der Waals surface area contributed by atoms with Gasteiger partial charge in [0.25, 0.3) is 5.91 Å². The topological polar surface area (TPSA) is 59.4 Å². The summed E-state index contributed by atoms with van der Waals surface area (Å²) in [5.41, 5.74) is 4.03. The van der Waals surface area contributed by atoms with Crippen molar-refractivity contribution in [1.82, 2.24) is 20.0 Å². The van der Waals surface area contributed by atoms with Gasteiger partial charge in [0.05, 0.1) is 19.8 Å². The molecular formula is C23H29ClN4O2. The third kappa shape index (κ3) is 4.61. The number of nitrogens with zero attached hydrogens (tertiary/aromatic N) is 3. The van der Waals surface area contributed by atoms with Gasteiger partial charge in [-0.2, -0.15) is 5.10 Å². The van der Waals surface area contributed by atoms with Crippen molar-refractivity contribution in [3.8, 4) is 0 Å². The van der Waals surface area contributed by atoms with E-state index in [0.29, 0.717) is 44.6 Å². The molecule has 1 amide bonds. The van der Waals surface area contributed by atoms with E-state index < -0.39 is 0 Å². The van der Waals surface area contributed by atoms with E-state index in [0.717, 1.165) is 48.4 Å². The number of morpholine rings is 1. The predicted molar refractivity (Wildman–Crippen MR) is 118 cm³/mol. The Hall–Kier alpha value is -2.15. The zero-order valence-corrected chi connectivity index (χ0v) is 18.0. The maximum Gasteiger partial charge on any atom is 0.274 e. The molecule has 4 rings (SSSR count). The standard InChI is InChI=1S/C23H29ClN4O2/c1-2-11-28-21-8-7-18(25-10-9-17-5-3-4-6-20(17)24)16-19(21)22(26-28)23(29)27-12-14-30-15-13-27/h2-6,18,25H,1,7-16H2/t18-/m0/s1. The SMILES string of the molecule is C=CCn1nc(C(=O)N2CCOCC2)c2c1CC[C@H](NCCc1ccccc1Cl)C2. The predicted octanol–water partition coefficient (Wildman–Crippen LogP) is 2.88. The highest BCUT2D eigenvalue weighted by Gasteiger charge is 2.31. The Morgan fingerprint density at radius 1 is 1.33 bits per heavy atom. The number of allylic oxidation sites excluding steroid dienone is 1. The number of carbonyl (C=O) groups excluding carboxylic acids is 1. The van der Waals surface area contributed by atoms with Crippen molar-refractivity contribution in [2.75, 3.05) is 32.8 Å². The number of halogens is 1. The quantitative estimate of drug-likeness (QED) is 0.689. The minimum absolute atomic E-state index is 0.0223. The Labute approximate surface area is 182 Å². The summed E-state index contributed by atoms with van der Waals surface area (Å²) in [7, 11) is 0. The van der Waals surface area contributed by atoms with Gasteiger partial charge in [-0.1, -0.05) is 35.9 Å². The molecule has 6 nitrogen and oxygen atoms in total. The Balaban J connectivity index is 1.46. The number of carbonyl (C=O) groups is 1. The first-order valence-corrected chi connectivity index (χ1v) is 11.1. The van der Waals surface area contributed by atoms with Crippen molar-refractivity contribution in [2.24, 2.45) is 0 Å². The molecule has 1 N–H and O–H groups in total. The largest absolute Gasteiger partial charge is 0.378 e. The molecule has 1 saturated heterocycles. The zero-order valence-electron chi connectivity index (χ0n) is 17.3. The van der Waals surface area contributed by atoms with E-state index in [1.165, 1.54) is 5.69 Å². The van der Waals surface area contributed by atoms with Crippen LogP contribution in [0.15, 0.2) is 36.9 Å². The molecule has 0 spiro atoms. The van der Waals surface area contributed by atoms with Crippen molar-refractivity contribution in [3.05, 3.63) is 64.5 Å². The molecule has 1 aliphatic carbocycles. The molecule has 7 heteroatoms. The van der Waals surface area contributed by atoms with Gasteiger partial charge in [-0.15, -0.1) is 6.58 Å². The monoisotopic (exact) mass is 428 g/mol. The molecule has 2 aliphatic rings. The summed E-state index contributed by atoms with van der Waals surface area (Å²) in [5, 5.41) is 9.18. The lowest BCUT2D eigenvalue weighted by molar-refractivity contribution is 0.0297. The molecular weight excluding hydrogens is 400 g/mol. The average Bonchev–Trinajstić information content (AvgIpc) is 3.13. The van der Waals surface area contributed by atoms with E-state index in [1.807, 2.05) is 33.9 Å². The van der Waals surface area contributed by atoms with Crippen molar-refractivity contribution >= 4 is 17.5 Å². The molecule has 1 fully saturated rings. The first-order valence-electron chi connectivity index (χ1n) is 10.7. The van der Waals surface area contributed by atoms with Crippen molar-refractivity contribution in [1.29, 1.82) is 0 Å². The van der Waals surface area contributed by atoms with Crippen LogP contribution in [0.3, 0.4) is 0 Å². The van der Waals surface area contributed by atoms with Crippen LogP contribution < -0.4 is 5.32 Å². The lowest BCUT2D eigenvalue weighted by atomic mass is 9.91. The molecule has 0 saturated carbocycles. The van der Waals surface area contributed by atoms with Crippen LogP contribution in [0.25, 0.3) is 0 Å². The summed E-state index contributed by atoms with van der Waals surface area (Å²) in [6.07, 6.45) is 5.49. The van der Waals surface area contributed by atoms with Crippen LogP contribution in [0.5, 0.6) is 0 Å². The van der Waals surface area contributed by atoms with Gasteiger partial charge < -0.3 is 15.0 Å². The maximum atomic E-state index is 13.2. The van der Waals surface area contributed by atoms with Crippen LogP contribution in [-0.4, -0.2) is 59.5 Å². The fourth-order valence-corrected chi connectivity index (χ4v) is 4.57. The lowest BCUT2D eigenvalue weighted by Crippen LogP contribution is -2.42. The van der Waals surface area contributed by atoms with Crippen molar-refractivity contribution in [3.63, 3.8) is 0 Å². The first-order chi connectivity index (χ1) is 14.7. The van der Waals surface area contributed by atoms with Gasteiger partial charge in [0.15, 0.2) is 5.69 Å². The third-order valence-electron chi connectivity index (χ3n) is 5.93. The number of nitrogens with one attached hydrogen (secondary N) is 1. The summed E-state index contributed by atoms with van der Waals surface area (Å²) in [5.74, 6) is 0.0223. The van der Waals surface area contributed by atoms with Crippen LogP contribution in [-0.2, 0) is 30.5 Å². The molecule has 30 heavy (non-hydrogen) atoms. The number of hydrogen-bond donors (Lipinski definition) is 1. The lowest BCUT2D eigenvalue weighted by Gasteiger charge is -2.28. The summed E-state index contributed by atoms with van der Waals surface area (Å²) < 4.78 is 7.35. The second-order valence-corrected chi connectivity index (χ2v) is 8.29. The Kier molecular flexibility index (Phi) is 6.87. The summed E-state index contributed by atoms with van der Waals surface area (Å²) in [6, 6.07) is 8.31. The highest BCUT2D eigenvalue weighted by molar-refractivity contribution is 6.31. The molecule has 1 aromatic carbocycles. The van der Waals surface area contributed by atoms with Gasteiger partial charge in [-0.3, -0.25) is 9.48 Å². The van der Waals surface area contributed by atoms with Gasteiger partial charge in [0.1, 0.15) is 0 Å². The van der Waals surface area contributed by atoms with Crippen LogP contribution in [0.1, 0.15) is 33.7 Å². The van der Waals surface area contributed by atoms with E-state index >= 15 is 0 Å². The van der Waals surface area contributed by atoms with Crippen LogP contribution in [0.2, 0.25) is 5.02 Å². The first kappa shape index (κ1) is 21.1. The van der Waals surface area contributed by atoms with Gasteiger partial charge in [-0.05, 0) is 43.9 Å². The van der Waals surface area contributed by atoms with Gasteiger partial charge in [0.2, 0.25) is 0 Å². The average molecular weight is 429 g/mol. The second-order valence-electron chi connectivity index (χ2n) is 7.88. The number of amides is 1. The Bertz CT molecular complexity index is 905. The van der Waals surface area contributed by atoms with Crippen molar-refractivity contribution < 1.29 is 9.53 Å². The number of ether oxygens (including phenoxy) is 1. The normalized spacial score (nSPS) is 18.8. The molecule has 1 aromatic heterocycles. The van der Waals surface area contributed by atoms with E-state index in [4.69, 9.17) is 21.4 Å². The van der Waals surface area contributed by atoms with E-state index in [1.54, 1.807) is 0 Å². The molecule has 0 radical (unpaired) electrons. The zero-order chi connectivity index (χ0) is 20.9. The molecule has 2 aromatic rings. The third-order valence-corrected chi connectivity index (χ3v) is 6.30. The van der Waals surface area contributed by atoms with E-state index in [9.17, 15) is 4.79 Å². The highest BCUT2D eigenvalue weighted by atomic mass is 35.5. The van der Waals surface area contributed by atoms with Crippen LogP contribution in [0.4, 0.5) is 0 Å². The fraction of sp³-hybridized carbons (Fsp3) is 0.478. The number of hydrogen-bond acceptors (Lipinski definition) is 4. The molecule has 0 bridgehead atoms. The number of fused-ring (bicyclic) bond motifs is 1. The number of aromatic nitrogens is 2. The van der Waals surface area contributed by atoms with E-state index in [2.05, 4.69) is 18.0 Å². The van der Waals surface area contributed by atoms with Crippen LogP contribution >= 0.6 is 11.6 Å². The Morgan fingerprint density at radius 3 is 2.90 bits per heavy atom. The highest BCUT2D eigenvalue weighted by Crippen LogP contribution is 2.26. The summed E-state index contributed by atoms with van der Waals surface area (Å²) in [4.78, 5) is 15.0. The Morgan fingerprint density at radius 2 is 2.13 bits per heavy atom. The summed E-state index contributed by atoms with van der Waals surface area (Å²) >= 11 is 6.28. The molecule has 1 atom stereocenters. The molecule has 160 valence electrons. The van der Waals surface area contributed by atoms with Gasteiger partial charge in [0, 0.05) is 35.4 Å². The molecule has 1 aliphatic heterocycles. The molecule has 2 heterocycles. The minimum atomic E-state index is 0.0223. The smallest absolute Gasteiger partial charge is 0.274 e. The van der Waals surface area contributed by atoms with Gasteiger partial charge >= 0.3 is 0 Å². The maximum absolute atomic E-state index is 13.2. The molecule has 0 unspecified atom stereocenters. The number of rotatable bonds is 7. The van der Waals surface area contributed by atoms with Crippen LogP contribution in [0, 0.1) is 0 Å². The minimum Gasteiger partial charge on any atom is -0.378 e. The second kappa shape index (κ2) is 9.77. The van der Waals surface area contributed by atoms with E-state index in [-0.39, 0.29) is 5.91 Å². The summed E-state index contributed by atoms with van der Waals surface area (Å²) in [6.45, 7) is 7.77. The van der Waals surface area contributed by atoms with Crippen molar-refractivity contribution in [2.45, 2.75) is 38.3 Å². The fourth-order valence-electron chi connectivity index (χ4n) is 4.34.